The van der Waals surface area contributed by atoms with Crippen LogP contribution in [-0.2, 0) is 16.1 Å². The van der Waals surface area contributed by atoms with Crippen LogP contribution in [0, 0.1) is 0 Å². The van der Waals surface area contributed by atoms with Crippen LogP contribution in [0.1, 0.15) is 5.56 Å². The molecule has 19 heavy (non-hydrogen) atoms. The van der Waals surface area contributed by atoms with Gasteiger partial charge in [0.2, 0.25) is 6.23 Å². The summed E-state index contributed by atoms with van der Waals surface area (Å²) in [5, 5.41) is 12.0. The van der Waals surface area contributed by atoms with E-state index in [1.54, 1.807) is 12.1 Å². The van der Waals surface area contributed by atoms with Crippen LogP contribution < -0.4 is 5.32 Å². The lowest BCUT2D eigenvalue weighted by Crippen LogP contribution is -2.32. The van der Waals surface area contributed by atoms with Gasteiger partial charge in [0.1, 0.15) is 0 Å². The average Bonchev–Trinajstić information content (AvgIpc) is 2.45. The van der Waals surface area contributed by atoms with Gasteiger partial charge in [-0.25, -0.2) is 4.79 Å². The fourth-order valence-corrected chi connectivity index (χ4v) is 1.61. The second kappa shape index (κ2) is 6.56. The molecule has 0 spiro atoms. The quantitative estimate of drug-likeness (QED) is 0.781. The first-order chi connectivity index (χ1) is 9.25. The summed E-state index contributed by atoms with van der Waals surface area (Å²) in [7, 11) is 0. The minimum Gasteiger partial charge on any atom is -0.478 e. The van der Waals surface area contributed by atoms with Crippen LogP contribution in [0.15, 0.2) is 60.7 Å². The van der Waals surface area contributed by atoms with Crippen molar-refractivity contribution in [2.24, 2.45) is 0 Å². The minimum atomic E-state index is -1.07. The third-order valence-corrected chi connectivity index (χ3v) is 2.56. The van der Waals surface area contributed by atoms with E-state index in [1.165, 1.54) is 0 Å². The van der Waals surface area contributed by atoms with Crippen LogP contribution in [0.3, 0.4) is 0 Å². The second-order valence-electron chi connectivity index (χ2n) is 4.03. The lowest BCUT2D eigenvalue weighted by Gasteiger charge is -2.16. The molecular weight excluding hydrogens is 242 g/mol. The number of carboxylic acid groups (broad SMARTS) is 1. The normalized spacial score (nSPS) is 11.8. The van der Waals surface area contributed by atoms with Crippen molar-refractivity contribution in [2.75, 3.05) is 5.32 Å². The third kappa shape index (κ3) is 4.12. The molecule has 0 saturated carbocycles. The lowest BCUT2D eigenvalue weighted by atomic mass is 10.2. The number of carboxylic acids is 1. The molecule has 4 nitrogen and oxygen atoms in total. The summed E-state index contributed by atoms with van der Waals surface area (Å²) in [6, 6.07) is 18.6. The summed E-state index contributed by atoms with van der Waals surface area (Å²) >= 11 is 0. The van der Waals surface area contributed by atoms with Gasteiger partial charge in [0.15, 0.2) is 0 Å². The molecule has 0 aromatic heterocycles. The van der Waals surface area contributed by atoms with Gasteiger partial charge in [-0.05, 0) is 17.7 Å². The summed E-state index contributed by atoms with van der Waals surface area (Å²) in [6.07, 6.45) is -1.07. The molecule has 0 aliphatic rings. The maximum atomic E-state index is 11.1. The molecule has 0 aliphatic heterocycles. The highest BCUT2D eigenvalue weighted by Crippen LogP contribution is 2.10. The van der Waals surface area contributed by atoms with Crippen LogP contribution >= 0.6 is 0 Å². The zero-order chi connectivity index (χ0) is 13.5. The molecule has 0 bridgehead atoms. The summed E-state index contributed by atoms with van der Waals surface area (Å²) in [6.45, 7) is 0.248. The van der Waals surface area contributed by atoms with Crippen LogP contribution in [0.4, 0.5) is 5.69 Å². The van der Waals surface area contributed by atoms with Crippen molar-refractivity contribution < 1.29 is 14.6 Å². The second-order valence-corrected chi connectivity index (χ2v) is 4.03. The molecule has 0 aliphatic carbocycles. The van der Waals surface area contributed by atoms with Gasteiger partial charge in [0.05, 0.1) is 6.61 Å². The van der Waals surface area contributed by atoms with Gasteiger partial charge in [-0.1, -0.05) is 48.5 Å². The molecule has 0 radical (unpaired) electrons. The van der Waals surface area contributed by atoms with Crippen LogP contribution in [0.25, 0.3) is 0 Å². The van der Waals surface area contributed by atoms with Crippen molar-refractivity contribution in [3.05, 3.63) is 66.2 Å². The van der Waals surface area contributed by atoms with Gasteiger partial charge < -0.3 is 15.2 Å². The fraction of sp³-hybridized carbons (Fsp3) is 0.133. The Morgan fingerprint density at radius 3 is 2.21 bits per heavy atom. The van der Waals surface area contributed by atoms with Crippen molar-refractivity contribution in [1.82, 2.24) is 0 Å². The topological polar surface area (TPSA) is 58.6 Å². The van der Waals surface area contributed by atoms with E-state index in [2.05, 4.69) is 5.32 Å². The first-order valence-electron chi connectivity index (χ1n) is 5.95. The Bertz CT molecular complexity index is 513. The first-order valence-corrected chi connectivity index (χ1v) is 5.95. The number of ether oxygens (including phenoxy) is 1. The van der Waals surface area contributed by atoms with E-state index in [1.807, 2.05) is 48.5 Å². The van der Waals surface area contributed by atoms with Gasteiger partial charge in [-0.15, -0.1) is 0 Å². The number of hydrogen-bond acceptors (Lipinski definition) is 3. The Balaban J connectivity index is 1.95. The smallest absolute Gasteiger partial charge is 0.354 e. The van der Waals surface area contributed by atoms with E-state index in [-0.39, 0.29) is 6.61 Å². The van der Waals surface area contributed by atoms with Crippen molar-refractivity contribution >= 4 is 11.7 Å². The molecule has 0 heterocycles. The molecule has 0 fully saturated rings. The van der Waals surface area contributed by atoms with E-state index in [4.69, 9.17) is 9.84 Å². The van der Waals surface area contributed by atoms with Gasteiger partial charge >= 0.3 is 5.97 Å². The highest BCUT2D eigenvalue weighted by atomic mass is 16.5. The Kier molecular flexibility index (Phi) is 4.53. The Hall–Kier alpha value is -2.33. The summed E-state index contributed by atoms with van der Waals surface area (Å²) in [4.78, 5) is 11.1. The molecule has 0 unspecified atom stereocenters. The maximum absolute atomic E-state index is 11.1. The van der Waals surface area contributed by atoms with Crippen LogP contribution in [-0.4, -0.2) is 17.3 Å². The zero-order valence-electron chi connectivity index (χ0n) is 10.3. The SMILES string of the molecule is O=C(O)[C@@H](Nc1ccccc1)OCc1ccccc1. The van der Waals surface area contributed by atoms with Crippen molar-refractivity contribution in [3.63, 3.8) is 0 Å². The van der Waals surface area contributed by atoms with Crippen molar-refractivity contribution in [2.45, 2.75) is 12.8 Å². The highest BCUT2D eigenvalue weighted by Gasteiger charge is 2.17. The molecule has 0 saturated heterocycles. The molecule has 98 valence electrons. The molecule has 2 aromatic rings. The van der Waals surface area contributed by atoms with Crippen molar-refractivity contribution in [3.8, 4) is 0 Å². The Morgan fingerprint density at radius 2 is 1.63 bits per heavy atom. The van der Waals surface area contributed by atoms with E-state index in [9.17, 15) is 4.79 Å². The number of aliphatic carboxylic acids is 1. The summed E-state index contributed by atoms with van der Waals surface area (Å²) in [5.41, 5.74) is 1.64. The first kappa shape index (κ1) is 13.1. The van der Waals surface area contributed by atoms with Gasteiger partial charge in [0.25, 0.3) is 0 Å². The van der Waals surface area contributed by atoms with E-state index in [0.29, 0.717) is 5.69 Å². The number of para-hydroxylation sites is 1. The molecule has 1 atom stereocenters. The maximum Gasteiger partial charge on any atom is 0.354 e. The number of carbonyl (C=O) groups is 1. The Labute approximate surface area is 111 Å². The predicted octanol–water partition coefficient (Wildman–Crippen LogP) is 2.73. The summed E-state index contributed by atoms with van der Waals surface area (Å²) < 4.78 is 5.38. The molecule has 0 amide bonds. The van der Waals surface area contributed by atoms with Gasteiger partial charge in [-0.2, -0.15) is 0 Å². The number of hydrogen-bond donors (Lipinski definition) is 2. The van der Waals surface area contributed by atoms with E-state index < -0.39 is 12.2 Å². The zero-order valence-corrected chi connectivity index (χ0v) is 10.3. The molecule has 2 aromatic carbocycles. The number of rotatable bonds is 6. The van der Waals surface area contributed by atoms with E-state index >= 15 is 0 Å². The number of nitrogens with one attached hydrogen (secondary N) is 1. The third-order valence-electron chi connectivity index (χ3n) is 2.56. The number of benzene rings is 2. The number of anilines is 1. The van der Waals surface area contributed by atoms with Crippen molar-refractivity contribution in [1.29, 1.82) is 0 Å². The summed E-state index contributed by atoms with van der Waals surface area (Å²) in [5.74, 6) is -1.04. The van der Waals surface area contributed by atoms with E-state index in [0.717, 1.165) is 5.56 Å². The van der Waals surface area contributed by atoms with Crippen LogP contribution in [0.2, 0.25) is 0 Å². The van der Waals surface area contributed by atoms with Gasteiger partial charge in [0, 0.05) is 5.69 Å². The minimum absolute atomic E-state index is 0.248. The average molecular weight is 257 g/mol. The van der Waals surface area contributed by atoms with Crippen LogP contribution in [0.5, 0.6) is 0 Å². The lowest BCUT2D eigenvalue weighted by molar-refractivity contribution is -0.149. The predicted molar refractivity (Wildman–Crippen MR) is 72.7 cm³/mol. The highest BCUT2D eigenvalue weighted by molar-refractivity contribution is 5.75. The Morgan fingerprint density at radius 1 is 1.05 bits per heavy atom. The monoisotopic (exact) mass is 257 g/mol. The molecule has 2 N–H and O–H groups in total. The fourth-order valence-electron chi connectivity index (χ4n) is 1.61. The molecular formula is C15H15NO3. The standard InChI is InChI=1S/C15H15NO3/c17-15(18)14(16-13-9-5-2-6-10-13)19-11-12-7-3-1-4-8-12/h1-10,14,16H,11H2,(H,17,18)/t14-/m0/s1. The molecule has 4 heteroatoms. The molecule has 2 rings (SSSR count). The van der Waals surface area contributed by atoms with Gasteiger partial charge in [-0.3, -0.25) is 0 Å². The largest absolute Gasteiger partial charge is 0.478 e.